The van der Waals surface area contributed by atoms with Crippen LogP contribution in [0.4, 0.5) is 10.5 Å². The molecule has 36 heavy (non-hydrogen) atoms. The van der Waals surface area contributed by atoms with E-state index in [1.807, 2.05) is 49.4 Å². The molecule has 1 N–H and O–H groups in total. The molecule has 2 amide bonds. The Kier molecular flexibility index (Phi) is 5.49. The maximum Gasteiger partial charge on any atom is 0.328 e. The van der Waals surface area contributed by atoms with Crippen LogP contribution < -0.4 is 10.2 Å². The molecule has 6 heteroatoms. The van der Waals surface area contributed by atoms with Gasteiger partial charge in [-0.15, -0.1) is 5.54 Å². The zero-order valence-corrected chi connectivity index (χ0v) is 23.5. The fourth-order valence-electron chi connectivity index (χ4n) is 6.85. The molecule has 0 bridgehead atoms. The molecule has 5 rings (SSSR count). The van der Waals surface area contributed by atoms with Crippen molar-refractivity contribution in [1.29, 1.82) is 0 Å². The first kappa shape index (κ1) is 24.4. The highest BCUT2D eigenvalue weighted by Gasteiger charge is 2.55. The van der Waals surface area contributed by atoms with Gasteiger partial charge in [-0.1, -0.05) is 83.4 Å². The van der Waals surface area contributed by atoms with Crippen LogP contribution in [-0.4, -0.2) is 31.6 Å². The first-order valence-electron chi connectivity index (χ1n) is 12.9. The third-order valence-electron chi connectivity index (χ3n) is 8.54. The van der Waals surface area contributed by atoms with Crippen LogP contribution in [-0.2, 0) is 10.3 Å². The lowest BCUT2D eigenvalue weighted by atomic mass is 9.81. The minimum atomic E-state index is -1.99. The number of carbonyl (C=O) groups excluding carboxylic acids is 2. The Balaban J connectivity index is 1.78. The number of aromatic nitrogens is 1. The van der Waals surface area contributed by atoms with Crippen molar-refractivity contribution in [1.82, 2.24) is 9.88 Å². The van der Waals surface area contributed by atoms with Crippen LogP contribution >= 0.6 is 0 Å². The van der Waals surface area contributed by atoms with Crippen LogP contribution in [0, 0.1) is 18.4 Å². The normalized spacial score (nSPS) is 18.9. The number of likely N-dealkylation sites (N-methyl/N-ethyl adjacent to an activating group) is 1. The lowest BCUT2D eigenvalue weighted by Crippen LogP contribution is -2.57. The van der Waals surface area contributed by atoms with Gasteiger partial charge in [0, 0.05) is 29.2 Å². The topological polar surface area (TPSA) is 54.3 Å². The number of amides is 2. The van der Waals surface area contributed by atoms with Crippen LogP contribution in [0.5, 0.6) is 0 Å². The van der Waals surface area contributed by atoms with Gasteiger partial charge in [0.2, 0.25) is 0 Å². The first-order chi connectivity index (χ1) is 17.0. The number of fused-ring (bicyclic) bond motifs is 3. The second kappa shape index (κ2) is 8.11. The van der Waals surface area contributed by atoms with Crippen molar-refractivity contribution >= 4 is 36.6 Å². The van der Waals surface area contributed by atoms with Crippen LogP contribution in [0.3, 0.4) is 0 Å². The molecular weight excluding hydrogens is 462 g/mol. The van der Waals surface area contributed by atoms with E-state index in [-0.39, 0.29) is 11.9 Å². The summed E-state index contributed by atoms with van der Waals surface area (Å²) in [7, 11) is -0.212. The van der Waals surface area contributed by atoms with Gasteiger partial charge >= 0.3 is 6.03 Å². The SMILES string of the molecule is Cc1ccc2c(c1)C1(NC(=O)n3c(C#C[Si](C(C)C)(C(C)C)C(C)C)cc4cccc1c43)C(=O)N2C. The second-order valence-corrected chi connectivity index (χ2v) is 16.9. The van der Waals surface area contributed by atoms with Gasteiger partial charge in [-0.3, -0.25) is 9.36 Å². The number of rotatable bonds is 3. The maximum absolute atomic E-state index is 13.8. The Morgan fingerprint density at radius 3 is 2.22 bits per heavy atom. The van der Waals surface area contributed by atoms with Crippen molar-refractivity contribution in [2.45, 2.75) is 70.6 Å². The largest absolute Gasteiger partial charge is 0.328 e. The van der Waals surface area contributed by atoms with E-state index in [1.54, 1.807) is 16.5 Å². The number of carbonyl (C=O) groups is 2. The van der Waals surface area contributed by atoms with Gasteiger partial charge in [-0.25, -0.2) is 4.79 Å². The summed E-state index contributed by atoms with van der Waals surface area (Å²) in [6.07, 6.45) is 0. The lowest BCUT2D eigenvalue weighted by molar-refractivity contribution is -0.122. The molecule has 2 aliphatic rings. The number of nitrogens with zero attached hydrogens (tertiary/aromatic N) is 2. The second-order valence-electron chi connectivity index (χ2n) is 11.3. The molecule has 1 aromatic heterocycles. The Bertz CT molecular complexity index is 1470. The summed E-state index contributed by atoms with van der Waals surface area (Å²) >= 11 is 0. The van der Waals surface area contributed by atoms with Gasteiger partial charge in [0.25, 0.3) is 5.91 Å². The molecule has 1 spiro atoms. The molecule has 186 valence electrons. The molecule has 1 unspecified atom stereocenters. The molecule has 0 aliphatic carbocycles. The Labute approximate surface area is 214 Å². The minimum Gasteiger partial charge on any atom is -0.315 e. The van der Waals surface area contributed by atoms with E-state index in [9.17, 15) is 9.59 Å². The Hall–Kier alpha value is -3.30. The number of aryl methyl sites for hydroxylation is 1. The smallest absolute Gasteiger partial charge is 0.315 e. The number of hydrogen-bond acceptors (Lipinski definition) is 2. The van der Waals surface area contributed by atoms with Crippen molar-refractivity contribution in [3.8, 4) is 11.5 Å². The average molecular weight is 498 g/mol. The fourth-order valence-corrected chi connectivity index (χ4v) is 12.1. The van der Waals surface area contributed by atoms with Gasteiger partial charge in [0.1, 0.15) is 13.8 Å². The van der Waals surface area contributed by atoms with Crippen LogP contribution in [0.1, 0.15) is 63.9 Å². The highest BCUT2D eigenvalue weighted by atomic mass is 28.3. The van der Waals surface area contributed by atoms with Crippen molar-refractivity contribution in [2.75, 3.05) is 11.9 Å². The maximum atomic E-state index is 13.8. The predicted molar refractivity (Wildman–Crippen MR) is 149 cm³/mol. The summed E-state index contributed by atoms with van der Waals surface area (Å²) in [4.78, 5) is 29.3. The number of hydrogen-bond donors (Lipinski definition) is 1. The van der Waals surface area contributed by atoms with Gasteiger partial charge in [-0.2, -0.15) is 0 Å². The molecular formula is C30H35N3O2Si. The Morgan fingerprint density at radius 1 is 0.917 bits per heavy atom. The van der Waals surface area contributed by atoms with Gasteiger partial charge in [0.15, 0.2) is 5.54 Å². The zero-order valence-electron chi connectivity index (χ0n) is 22.5. The lowest BCUT2D eigenvalue weighted by Gasteiger charge is -2.38. The Morgan fingerprint density at radius 2 is 1.58 bits per heavy atom. The standard InChI is InChI=1S/C30H35N3O2Si/c1-18(2)36(19(3)4,20(5)6)15-14-23-17-22-10-9-11-24-27(22)33(23)29(35)31-30(24)25-16-21(7)12-13-26(25)32(8)28(30)34/h9-13,16-20H,1-8H3,(H,31,35). The monoisotopic (exact) mass is 497 g/mol. The van der Waals surface area contributed by atoms with Gasteiger partial charge in [-0.05, 0) is 35.7 Å². The highest BCUT2D eigenvalue weighted by molar-refractivity contribution is 6.90. The number of nitrogens with one attached hydrogen (secondary N) is 1. The fraction of sp³-hybridized carbons (Fsp3) is 0.400. The average Bonchev–Trinajstić information content (AvgIpc) is 3.28. The van der Waals surface area contributed by atoms with Crippen LogP contribution in [0.2, 0.25) is 16.6 Å². The predicted octanol–water partition coefficient (Wildman–Crippen LogP) is 6.31. The van der Waals surface area contributed by atoms with Crippen LogP contribution in [0.15, 0.2) is 42.5 Å². The zero-order chi connectivity index (χ0) is 26.2. The van der Waals surface area contributed by atoms with E-state index >= 15 is 0 Å². The third-order valence-corrected chi connectivity index (χ3v) is 14.8. The van der Waals surface area contributed by atoms with E-state index in [2.05, 4.69) is 58.3 Å². The van der Waals surface area contributed by atoms with Crippen molar-refractivity contribution in [2.24, 2.45) is 0 Å². The van der Waals surface area contributed by atoms with E-state index in [0.29, 0.717) is 22.3 Å². The molecule has 0 saturated carbocycles. The van der Waals surface area contributed by atoms with Crippen molar-refractivity contribution < 1.29 is 9.59 Å². The summed E-state index contributed by atoms with van der Waals surface area (Å²) in [5.41, 5.74) is 8.95. The summed E-state index contributed by atoms with van der Waals surface area (Å²) in [6, 6.07) is 13.6. The van der Waals surface area contributed by atoms with Gasteiger partial charge < -0.3 is 10.2 Å². The van der Waals surface area contributed by atoms with E-state index in [1.165, 1.54) is 0 Å². The summed E-state index contributed by atoms with van der Waals surface area (Å²) in [5, 5.41) is 4.06. The molecule has 0 saturated heterocycles. The number of anilines is 1. The molecule has 5 nitrogen and oxygen atoms in total. The molecule has 0 radical (unpaired) electrons. The van der Waals surface area contributed by atoms with Crippen molar-refractivity contribution in [3.63, 3.8) is 0 Å². The van der Waals surface area contributed by atoms with Gasteiger partial charge in [0.05, 0.1) is 5.52 Å². The quantitative estimate of drug-likeness (QED) is 0.340. The summed E-state index contributed by atoms with van der Waals surface area (Å²) in [5.74, 6) is 3.33. The van der Waals surface area contributed by atoms with Crippen molar-refractivity contribution in [3.05, 3.63) is 64.8 Å². The number of para-hydroxylation sites is 1. The molecule has 1 atom stereocenters. The minimum absolute atomic E-state index is 0.144. The van der Waals surface area contributed by atoms with E-state index in [0.717, 1.165) is 33.3 Å². The molecule has 2 aliphatic heterocycles. The molecule has 3 heterocycles. The third kappa shape index (κ3) is 3.02. The van der Waals surface area contributed by atoms with E-state index < -0.39 is 13.6 Å². The molecule has 2 aromatic carbocycles. The first-order valence-corrected chi connectivity index (χ1v) is 15.1. The summed E-state index contributed by atoms with van der Waals surface area (Å²) < 4.78 is 1.68. The van der Waals surface area contributed by atoms with E-state index in [4.69, 9.17) is 0 Å². The molecule has 3 aromatic rings. The van der Waals surface area contributed by atoms with Crippen LogP contribution in [0.25, 0.3) is 10.9 Å². The summed E-state index contributed by atoms with van der Waals surface area (Å²) in [6.45, 7) is 15.7. The molecule has 0 fully saturated rings. The number of benzene rings is 2. The highest BCUT2D eigenvalue weighted by Crippen LogP contribution is 2.48.